The smallest absolute Gasteiger partial charge is 0.307 e. The van der Waals surface area contributed by atoms with Crippen LogP contribution in [0.15, 0.2) is 23.1 Å². The Bertz CT molecular complexity index is 707. The van der Waals surface area contributed by atoms with Gasteiger partial charge in [-0.3, -0.25) is 9.59 Å². The molecule has 2 N–H and O–H groups in total. The molecule has 0 atom stereocenters. The van der Waals surface area contributed by atoms with E-state index in [1.165, 1.54) is 0 Å². The molecule has 134 valence electrons. The fraction of sp³-hybridized carbons (Fsp3) is 0.429. The van der Waals surface area contributed by atoms with E-state index in [9.17, 15) is 26.8 Å². The van der Waals surface area contributed by atoms with Gasteiger partial charge in [-0.05, 0) is 32.0 Å². The van der Waals surface area contributed by atoms with E-state index in [-0.39, 0.29) is 19.0 Å². The van der Waals surface area contributed by atoms with Crippen LogP contribution in [0.1, 0.15) is 20.3 Å². The summed E-state index contributed by atoms with van der Waals surface area (Å²) in [6, 6.07) is 2.02. The van der Waals surface area contributed by atoms with Crippen molar-refractivity contribution < 1.29 is 31.5 Å². The standard InChI is InChI=1S/C14H18F2N2O5S/c1-9(2)18-13(19)8-23-14(20)5-6-17-24(21,22)10-3-4-11(15)12(16)7-10/h3-4,7,9,17H,5-6,8H2,1-2H3,(H,18,19). The molecule has 0 spiro atoms. The number of hydrogen-bond donors (Lipinski definition) is 2. The lowest BCUT2D eigenvalue weighted by atomic mass is 10.3. The van der Waals surface area contributed by atoms with Crippen LogP contribution in [0.5, 0.6) is 0 Å². The molecule has 10 heteroatoms. The molecule has 0 fully saturated rings. The third kappa shape index (κ3) is 6.59. The van der Waals surface area contributed by atoms with Gasteiger partial charge in [-0.1, -0.05) is 0 Å². The van der Waals surface area contributed by atoms with Crippen LogP contribution >= 0.6 is 0 Å². The molecule has 0 aromatic heterocycles. The molecule has 0 saturated heterocycles. The molecule has 0 saturated carbocycles. The fourth-order valence-corrected chi connectivity index (χ4v) is 2.64. The number of hydrogen-bond acceptors (Lipinski definition) is 5. The second-order valence-corrected chi connectivity index (χ2v) is 6.87. The number of nitrogens with one attached hydrogen (secondary N) is 2. The molecule has 0 unspecified atom stereocenters. The van der Waals surface area contributed by atoms with E-state index in [1.54, 1.807) is 13.8 Å². The molecule has 0 radical (unpaired) electrons. The number of sulfonamides is 1. The minimum absolute atomic E-state index is 0.0980. The largest absolute Gasteiger partial charge is 0.456 e. The summed E-state index contributed by atoms with van der Waals surface area (Å²) in [7, 11) is -4.09. The first kappa shape index (κ1) is 20.0. The van der Waals surface area contributed by atoms with E-state index >= 15 is 0 Å². The lowest BCUT2D eigenvalue weighted by molar-refractivity contribution is -0.148. The Hall–Kier alpha value is -2.07. The summed E-state index contributed by atoms with van der Waals surface area (Å²) in [4.78, 5) is 22.2. The third-order valence-electron chi connectivity index (χ3n) is 2.64. The van der Waals surface area contributed by atoms with Gasteiger partial charge in [-0.2, -0.15) is 0 Å². The van der Waals surface area contributed by atoms with Gasteiger partial charge >= 0.3 is 5.97 Å². The molecule has 0 aliphatic carbocycles. The van der Waals surface area contributed by atoms with Crippen molar-refractivity contribution in [3.05, 3.63) is 29.8 Å². The summed E-state index contributed by atoms with van der Waals surface area (Å²) in [6.45, 7) is 2.71. The summed E-state index contributed by atoms with van der Waals surface area (Å²) in [5, 5.41) is 2.52. The fourth-order valence-electron chi connectivity index (χ4n) is 1.60. The first-order chi connectivity index (χ1) is 11.1. The predicted molar refractivity (Wildman–Crippen MR) is 80.4 cm³/mol. The summed E-state index contributed by atoms with van der Waals surface area (Å²) < 4.78 is 56.3. The number of amides is 1. The molecule has 24 heavy (non-hydrogen) atoms. The van der Waals surface area contributed by atoms with E-state index in [0.717, 1.165) is 6.07 Å². The van der Waals surface area contributed by atoms with E-state index in [2.05, 4.69) is 14.8 Å². The van der Waals surface area contributed by atoms with Crippen molar-refractivity contribution in [3.63, 3.8) is 0 Å². The highest BCUT2D eigenvalue weighted by molar-refractivity contribution is 7.89. The zero-order chi connectivity index (χ0) is 18.3. The van der Waals surface area contributed by atoms with Crippen LogP contribution in [-0.2, 0) is 24.3 Å². The van der Waals surface area contributed by atoms with Crippen LogP contribution in [0.2, 0.25) is 0 Å². The van der Waals surface area contributed by atoms with Gasteiger partial charge in [-0.15, -0.1) is 0 Å². The molecule has 1 rings (SSSR count). The molecule has 0 aliphatic rings. The number of esters is 1. The van der Waals surface area contributed by atoms with Crippen molar-refractivity contribution in [2.75, 3.05) is 13.2 Å². The van der Waals surface area contributed by atoms with Gasteiger partial charge in [0.25, 0.3) is 5.91 Å². The molecule has 1 aromatic rings. The van der Waals surface area contributed by atoms with Crippen LogP contribution < -0.4 is 10.0 Å². The topological polar surface area (TPSA) is 102 Å². The number of carbonyl (C=O) groups is 2. The van der Waals surface area contributed by atoms with Gasteiger partial charge in [0.15, 0.2) is 18.2 Å². The van der Waals surface area contributed by atoms with Gasteiger partial charge in [0.2, 0.25) is 10.0 Å². The zero-order valence-electron chi connectivity index (χ0n) is 13.1. The zero-order valence-corrected chi connectivity index (χ0v) is 14.0. The average Bonchev–Trinajstić information content (AvgIpc) is 2.47. The maximum absolute atomic E-state index is 13.0. The average molecular weight is 364 g/mol. The Balaban J connectivity index is 2.44. The first-order valence-electron chi connectivity index (χ1n) is 7.01. The van der Waals surface area contributed by atoms with Crippen molar-refractivity contribution >= 4 is 21.9 Å². The molecule has 1 aromatic carbocycles. The number of benzene rings is 1. The van der Waals surface area contributed by atoms with Gasteiger partial charge < -0.3 is 10.1 Å². The SMILES string of the molecule is CC(C)NC(=O)COC(=O)CCNS(=O)(=O)c1ccc(F)c(F)c1. The van der Waals surface area contributed by atoms with Gasteiger partial charge in [0.05, 0.1) is 11.3 Å². The van der Waals surface area contributed by atoms with Crippen molar-refractivity contribution in [2.45, 2.75) is 31.2 Å². The highest BCUT2D eigenvalue weighted by Gasteiger charge is 2.17. The first-order valence-corrected chi connectivity index (χ1v) is 8.50. The molecule has 0 heterocycles. The number of ether oxygens (including phenoxy) is 1. The van der Waals surface area contributed by atoms with Crippen molar-refractivity contribution in [3.8, 4) is 0 Å². The van der Waals surface area contributed by atoms with Crippen LogP contribution in [0.4, 0.5) is 8.78 Å². The molecule has 1 amide bonds. The summed E-state index contributed by atoms with van der Waals surface area (Å²) in [6.07, 6.45) is -0.322. The second kappa shape index (κ2) is 8.69. The minimum Gasteiger partial charge on any atom is -0.456 e. The summed E-state index contributed by atoms with van der Waals surface area (Å²) in [5.41, 5.74) is 0. The van der Waals surface area contributed by atoms with Crippen LogP contribution in [0.3, 0.4) is 0 Å². The Labute approximate surface area is 138 Å². The second-order valence-electron chi connectivity index (χ2n) is 5.11. The molecule has 0 aliphatic heterocycles. The highest BCUT2D eigenvalue weighted by Crippen LogP contribution is 2.13. The lowest BCUT2D eigenvalue weighted by Crippen LogP contribution is -2.34. The Morgan fingerprint density at radius 2 is 1.88 bits per heavy atom. The molecule has 7 nitrogen and oxygen atoms in total. The van der Waals surface area contributed by atoms with Crippen molar-refractivity contribution in [2.24, 2.45) is 0 Å². The van der Waals surface area contributed by atoms with Crippen LogP contribution in [0, 0.1) is 11.6 Å². The van der Waals surface area contributed by atoms with Gasteiger partial charge in [0.1, 0.15) is 0 Å². The lowest BCUT2D eigenvalue weighted by Gasteiger charge is -2.09. The van der Waals surface area contributed by atoms with E-state index in [4.69, 9.17) is 0 Å². The maximum atomic E-state index is 13.0. The minimum atomic E-state index is -4.09. The third-order valence-corrected chi connectivity index (χ3v) is 4.10. The van der Waals surface area contributed by atoms with Crippen molar-refractivity contribution in [1.29, 1.82) is 0 Å². The molecular formula is C14H18F2N2O5S. The molecular weight excluding hydrogens is 346 g/mol. The van der Waals surface area contributed by atoms with Crippen LogP contribution in [0.25, 0.3) is 0 Å². The summed E-state index contributed by atoms with van der Waals surface area (Å²) >= 11 is 0. The number of carbonyl (C=O) groups excluding carboxylic acids is 2. The van der Waals surface area contributed by atoms with Gasteiger partial charge in [0, 0.05) is 12.6 Å². The summed E-state index contributed by atoms with van der Waals surface area (Å²) in [5.74, 6) is -3.71. The number of rotatable bonds is 8. The Kier molecular flexibility index (Phi) is 7.23. The number of halogens is 2. The van der Waals surface area contributed by atoms with E-state index in [1.807, 2.05) is 0 Å². The van der Waals surface area contributed by atoms with E-state index in [0.29, 0.717) is 12.1 Å². The monoisotopic (exact) mass is 364 g/mol. The van der Waals surface area contributed by atoms with Crippen molar-refractivity contribution in [1.82, 2.24) is 10.0 Å². The predicted octanol–water partition coefficient (Wildman–Crippen LogP) is 0.701. The quantitative estimate of drug-likeness (QED) is 0.661. The Morgan fingerprint density at radius 3 is 2.46 bits per heavy atom. The van der Waals surface area contributed by atoms with Gasteiger partial charge in [-0.25, -0.2) is 21.9 Å². The highest BCUT2D eigenvalue weighted by atomic mass is 32.2. The normalized spacial score (nSPS) is 11.4. The Morgan fingerprint density at radius 1 is 1.21 bits per heavy atom. The van der Waals surface area contributed by atoms with E-state index < -0.39 is 45.0 Å². The maximum Gasteiger partial charge on any atom is 0.307 e. The molecule has 0 bridgehead atoms. The van der Waals surface area contributed by atoms with Crippen LogP contribution in [-0.4, -0.2) is 39.5 Å².